The van der Waals surface area contributed by atoms with Gasteiger partial charge in [-0.15, -0.1) is 0 Å². The molecule has 0 rings (SSSR count). The molecule has 6 nitrogen and oxygen atoms in total. The van der Waals surface area contributed by atoms with Crippen LogP contribution in [0.5, 0.6) is 0 Å². The fourth-order valence-electron chi connectivity index (χ4n) is 0.547. The molecule has 0 saturated carbocycles. The summed E-state index contributed by atoms with van der Waals surface area (Å²) in [4.78, 5) is 10.6. The van der Waals surface area contributed by atoms with Crippen molar-refractivity contribution in [2.24, 2.45) is 11.5 Å². The number of carbonyl (C=O) groups excluding carboxylic acids is 1. The van der Waals surface area contributed by atoms with E-state index >= 15 is 0 Å². The average Bonchev–Trinajstić information content (AvgIpc) is 2.01. The zero-order valence-electron chi connectivity index (χ0n) is 7.65. The van der Waals surface area contributed by atoms with Crippen molar-refractivity contribution in [1.82, 2.24) is 4.72 Å². The minimum Gasteiger partial charge on any atom is -0.368 e. The first kappa shape index (κ1) is 12.3. The molecule has 0 bridgehead atoms. The third-order valence-corrected chi connectivity index (χ3v) is 3.56. The lowest BCUT2D eigenvalue weighted by Crippen LogP contribution is -2.46. The van der Waals surface area contributed by atoms with Gasteiger partial charge in [0.1, 0.15) is 0 Å². The zero-order chi connectivity index (χ0) is 10.6. The van der Waals surface area contributed by atoms with Gasteiger partial charge in [-0.25, -0.2) is 13.1 Å². The minimum atomic E-state index is -3.53. The largest absolute Gasteiger partial charge is 0.368 e. The fraction of sp³-hybridized carbons (Fsp3) is 0.833. The summed E-state index contributed by atoms with van der Waals surface area (Å²) >= 11 is 0. The maximum absolute atomic E-state index is 11.3. The Kier molecular flexibility index (Phi) is 4.31. The summed E-state index contributed by atoms with van der Waals surface area (Å²) < 4.78 is 24.7. The van der Waals surface area contributed by atoms with Gasteiger partial charge < -0.3 is 11.5 Å². The van der Waals surface area contributed by atoms with Crippen LogP contribution in [0.2, 0.25) is 0 Å². The second-order valence-electron chi connectivity index (χ2n) is 2.83. The van der Waals surface area contributed by atoms with Crippen LogP contribution in [0.4, 0.5) is 0 Å². The molecular weight excluding hydrogens is 194 g/mol. The zero-order valence-corrected chi connectivity index (χ0v) is 8.47. The second-order valence-corrected chi connectivity index (χ2v) is 4.96. The van der Waals surface area contributed by atoms with Crippen LogP contribution in [0.15, 0.2) is 0 Å². The summed E-state index contributed by atoms with van der Waals surface area (Å²) in [5, 5.41) is -0.728. The highest BCUT2D eigenvalue weighted by Crippen LogP contribution is 1.97. The summed E-state index contributed by atoms with van der Waals surface area (Å²) in [7, 11) is -3.53. The van der Waals surface area contributed by atoms with E-state index in [1.54, 1.807) is 0 Å². The molecule has 0 saturated heterocycles. The van der Waals surface area contributed by atoms with Crippen molar-refractivity contribution in [3.8, 4) is 0 Å². The van der Waals surface area contributed by atoms with Crippen molar-refractivity contribution in [3.05, 3.63) is 0 Å². The Bertz CT molecular complexity index is 275. The van der Waals surface area contributed by atoms with Gasteiger partial charge in [0.25, 0.3) is 0 Å². The van der Waals surface area contributed by atoms with Gasteiger partial charge in [-0.05, 0) is 13.8 Å². The number of hydrogen-bond acceptors (Lipinski definition) is 4. The first-order chi connectivity index (χ1) is 5.81. The van der Waals surface area contributed by atoms with Crippen molar-refractivity contribution in [3.63, 3.8) is 0 Å². The van der Waals surface area contributed by atoms with Gasteiger partial charge in [0.05, 0.1) is 11.3 Å². The molecule has 0 aromatic carbocycles. The smallest absolute Gasteiger partial charge is 0.235 e. The number of sulfonamides is 1. The lowest BCUT2D eigenvalue weighted by atomic mass is 10.4. The predicted molar refractivity (Wildman–Crippen MR) is 49.2 cm³/mol. The van der Waals surface area contributed by atoms with E-state index in [2.05, 4.69) is 4.72 Å². The summed E-state index contributed by atoms with van der Waals surface area (Å²) in [6.45, 7) is 2.83. The Morgan fingerprint density at radius 3 is 2.23 bits per heavy atom. The Morgan fingerprint density at radius 1 is 1.46 bits per heavy atom. The number of amides is 1. The van der Waals surface area contributed by atoms with E-state index in [4.69, 9.17) is 11.5 Å². The van der Waals surface area contributed by atoms with Gasteiger partial charge in [0.2, 0.25) is 15.9 Å². The number of hydrogen-bond donors (Lipinski definition) is 3. The molecule has 0 aromatic heterocycles. The molecule has 0 radical (unpaired) electrons. The maximum Gasteiger partial charge on any atom is 0.235 e. The minimum absolute atomic E-state index is 0.000809. The number of rotatable bonds is 5. The highest BCUT2D eigenvalue weighted by atomic mass is 32.2. The van der Waals surface area contributed by atoms with Crippen LogP contribution in [0, 0.1) is 0 Å². The van der Waals surface area contributed by atoms with Crippen LogP contribution in [-0.4, -0.2) is 32.2 Å². The van der Waals surface area contributed by atoms with Crippen molar-refractivity contribution in [1.29, 1.82) is 0 Å². The molecule has 78 valence electrons. The lowest BCUT2D eigenvalue weighted by molar-refractivity contribution is -0.119. The summed E-state index contributed by atoms with van der Waals surface area (Å²) in [5.74, 6) is -0.715. The van der Waals surface area contributed by atoms with E-state index in [1.165, 1.54) is 13.8 Å². The quantitative estimate of drug-likeness (QED) is 0.491. The first-order valence-electron chi connectivity index (χ1n) is 3.81. The van der Waals surface area contributed by atoms with Gasteiger partial charge in [-0.3, -0.25) is 4.79 Å². The molecular formula is C6H15N3O3S. The van der Waals surface area contributed by atoms with Gasteiger partial charge in [0, 0.05) is 6.54 Å². The second kappa shape index (κ2) is 4.54. The van der Waals surface area contributed by atoms with Gasteiger partial charge in [-0.1, -0.05) is 0 Å². The topological polar surface area (TPSA) is 115 Å². The lowest BCUT2D eigenvalue weighted by Gasteiger charge is -2.14. The van der Waals surface area contributed by atoms with Gasteiger partial charge in [-0.2, -0.15) is 0 Å². The number of nitrogens with one attached hydrogen (secondary N) is 1. The van der Waals surface area contributed by atoms with Gasteiger partial charge in [0.15, 0.2) is 0 Å². The molecule has 0 aliphatic carbocycles. The highest BCUT2D eigenvalue weighted by Gasteiger charge is 2.23. The van der Waals surface area contributed by atoms with E-state index in [0.29, 0.717) is 0 Å². The fourth-order valence-corrected chi connectivity index (χ4v) is 1.64. The molecule has 2 atom stereocenters. The van der Waals surface area contributed by atoms with Crippen LogP contribution < -0.4 is 16.2 Å². The van der Waals surface area contributed by atoms with E-state index in [0.717, 1.165) is 0 Å². The molecule has 2 unspecified atom stereocenters. The molecule has 0 spiro atoms. The number of carbonyl (C=O) groups is 1. The third kappa shape index (κ3) is 3.71. The molecule has 13 heavy (non-hydrogen) atoms. The molecule has 0 fully saturated rings. The van der Waals surface area contributed by atoms with E-state index < -0.39 is 27.2 Å². The van der Waals surface area contributed by atoms with Crippen LogP contribution in [0.3, 0.4) is 0 Å². The van der Waals surface area contributed by atoms with Crippen molar-refractivity contribution >= 4 is 15.9 Å². The predicted octanol–water partition coefficient (Wildman–Crippen LogP) is -1.87. The molecule has 7 heteroatoms. The Morgan fingerprint density at radius 2 is 1.92 bits per heavy atom. The van der Waals surface area contributed by atoms with E-state index in [1.807, 2.05) is 0 Å². The van der Waals surface area contributed by atoms with Crippen LogP contribution >= 0.6 is 0 Å². The van der Waals surface area contributed by atoms with Gasteiger partial charge >= 0.3 is 0 Å². The standard InChI is InChI=1S/C6H15N3O3S/c1-4(3-7)13(11,12)9-5(2)6(8)10/h4-5,9H,3,7H2,1-2H3,(H2,8,10). The Hall–Kier alpha value is -0.660. The highest BCUT2D eigenvalue weighted by molar-refractivity contribution is 7.90. The molecule has 0 aliphatic heterocycles. The van der Waals surface area contributed by atoms with Crippen molar-refractivity contribution < 1.29 is 13.2 Å². The van der Waals surface area contributed by atoms with Crippen molar-refractivity contribution in [2.45, 2.75) is 25.1 Å². The summed E-state index contributed by atoms with van der Waals surface area (Å²) in [5.41, 5.74) is 10.1. The van der Waals surface area contributed by atoms with Crippen LogP contribution in [0.1, 0.15) is 13.8 Å². The Balaban J connectivity index is 4.43. The number of nitrogens with two attached hydrogens (primary N) is 2. The SMILES string of the molecule is CC(NS(=O)(=O)C(C)CN)C(N)=O. The molecule has 0 heterocycles. The maximum atomic E-state index is 11.3. The average molecular weight is 209 g/mol. The van der Waals surface area contributed by atoms with E-state index in [9.17, 15) is 13.2 Å². The Labute approximate surface area is 77.7 Å². The van der Waals surface area contributed by atoms with E-state index in [-0.39, 0.29) is 6.54 Å². The summed E-state index contributed by atoms with van der Waals surface area (Å²) in [6, 6.07) is -0.904. The van der Waals surface area contributed by atoms with Crippen molar-refractivity contribution in [2.75, 3.05) is 6.54 Å². The third-order valence-electron chi connectivity index (χ3n) is 1.63. The molecule has 5 N–H and O–H groups in total. The summed E-state index contributed by atoms with van der Waals surface area (Å²) in [6.07, 6.45) is 0. The normalized spacial score (nSPS) is 16.5. The molecule has 1 amide bonds. The number of primary amides is 1. The first-order valence-corrected chi connectivity index (χ1v) is 5.36. The molecule has 0 aromatic rings. The van der Waals surface area contributed by atoms with Crippen LogP contribution in [0.25, 0.3) is 0 Å². The van der Waals surface area contributed by atoms with Crippen LogP contribution in [-0.2, 0) is 14.8 Å². The molecule has 0 aliphatic rings. The monoisotopic (exact) mass is 209 g/mol.